The van der Waals surface area contributed by atoms with Crippen molar-refractivity contribution < 1.29 is 29.3 Å². The van der Waals surface area contributed by atoms with E-state index in [0.29, 0.717) is 27.7 Å². The van der Waals surface area contributed by atoms with E-state index in [9.17, 15) is 24.6 Å². The van der Waals surface area contributed by atoms with Gasteiger partial charge in [-0.2, -0.15) is 5.10 Å². The van der Waals surface area contributed by atoms with Gasteiger partial charge in [0.15, 0.2) is 6.61 Å². The fraction of sp³-hybridized carbons (Fsp3) is 0.130. The van der Waals surface area contributed by atoms with E-state index < -0.39 is 24.5 Å². The highest BCUT2D eigenvalue weighted by Crippen LogP contribution is 2.35. The monoisotopic (exact) mass is 537 g/mol. The van der Waals surface area contributed by atoms with Crippen molar-refractivity contribution in [2.24, 2.45) is 5.10 Å². The van der Waals surface area contributed by atoms with E-state index in [1.165, 1.54) is 30.5 Å². The third-order valence-electron chi connectivity index (χ3n) is 4.85. The minimum Gasteiger partial charge on any atom is -0.482 e. The Balaban J connectivity index is 1.75. The van der Waals surface area contributed by atoms with Crippen LogP contribution in [0.4, 0.5) is 0 Å². The van der Waals surface area contributed by atoms with Crippen LogP contribution in [0.25, 0.3) is 5.69 Å². The van der Waals surface area contributed by atoms with Crippen molar-refractivity contribution >= 4 is 58.9 Å². The zero-order valence-electron chi connectivity index (χ0n) is 18.3. The van der Waals surface area contributed by atoms with Crippen LogP contribution in [-0.2, 0) is 4.79 Å². The predicted molar refractivity (Wildman–Crippen MR) is 132 cm³/mol. The maximum Gasteiger partial charge on any atom is 0.335 e. The molecule has 0 radical (unpaired) electrons. The Bertz CT molecular complexity index is 1330. The largest absolute Gasteiger partial charge is 0.482 e. The summed E-state index contributed by atoms with van der Waals surface area (Å²) in [5.41, 5.74) is 4.34. The van der Waals surface area contributed by atoms with Crippen LogP contribution in [-0.4, -0.2) is 45.4 Å². The number of ether oxygens (including phenoxy) is 1. The molecule has 0 bridgehead atoms. The first-order chi connectivity index (χ1) is 16.5. The number of hydrogen-bond acceptors (Lipinski definition) is 5. The maximum absolute atomic E-state index is 12.1. The molecule has 9 nitrogen and oxygen atoms in total. The molecule has 0 unspecified atom stereocenters. The van der Waals surface area contributed by atoms with E-state index in [1.54, 1.807) is 24.5 Å². The molecule has 3 aromatic rings. The lowest BCUT2D eigenvalue weighted by Gasteiger charge is -2.12. The Hall–Kier alpha value is -3.53. The average Bonchev–Trinajstić information content (AvgIpc) is 3.07. The quantitative estimate of drug-likeness (QED) is 0.211. The molecule has 1 aromatic heterocycles. The summed E-state index contributed by atoms with van der Waals surface area (Å²) < 4.78 is 7.03. The molecule has 0 saturated heterocycles. The first-order valence-electron chi connectivity index (χ1n) is 9.88. The lowest BCUT2D eigenvalue weighted by Crippen LogP contribution is -2.24. The number of carbonyl (C=O) groups is 3. The smallest absolute Gasteiger partial charge is 0.335 e. The van der Waals surface area contributed by atoms with Crippen LogP contribution in [0, 0.1) is 13.8 Å². The number of carbonyl (C=O) groups excluding carboxylic acids is 1. The molecule has 0 spiro atoms. The molecule has 35 heavy (non-hydrogen) atoms. The molecule has 0 aliphatic carbocycles. The summed E-state index contributed by atoms with van der Waals surface area (Å²) in [6.45, 7) is 3.12. The van der Waals surface area contributed by atoms with Gasteiger partial charge in [-0.3, -0.25) is 4.79 Å². The van der Waals surface area contributed by atoms with Gasteiger partial charge < -0.3 is 19.5 Å². The van der Waals surface area contributed by atoms with E-state index in [4.69, 9.17) is 39.5 Å². The molecule has 1 heterocycles. The van der Waals surface area contributed by atoms with E-state index in [0.717, 1.165) is 6.07 Å². The van der Waals surface area contributed by atoms with Gasteiger partial charge in [-0.05, 0) is 44.2 Å². The van der Waals surface area contributed by atoms with Gasteiger partial charge in [0.05, 0.1) is 22.4 Å². The Morgan fingerprint density at radius 2 is 1.63 bits per heavy atom. The lowest BCUT2D eigenvalue weighted by atomic mass is 10.1. The molecule has 0 aliphatic heterocycles. The van der Waals surface area contributed by atoms with Crippen molar-refractivity contribution in [1.29, 1.82) is 0 Å². The summed E-state index contributed by atoms with van der Waals surface area (Å²) in [6.07, 6.45) is 1.40. The van der Waals surface area contributed by atoms with Gasteiger partial charge in [0, 0.05) is 33.7 Å². The molecule has 2 aromatic carbocycles. The number of carboxylic acid groups (broad SMARTS) is 2. The molecule has 3 N–H and O–H groups in total. The third kappa shape index (κ3) is 6.13. The van der Waals surface area contributed by atoms with Crippen molar-refractivity contribution in [3.05, 3.63) is 79.5 Å². The molecule has 3 rings (SSSR count). The van der Waals surface area contributed by atoms with E-state index >= 15 is 0 Å². The number of nitrogens with zero attached hydrogens (tertiary/aromatic N) is 2. The number of benzene rings is 2. The molecular weight excluding hydrogens is 521 g/mol. The normalized spacial score (nSPS) is 11.0. The van der Waals surface area contributed by atoms with Gasteiger partial charge >= 0.3 is 11.9 Å². The zero-order chi connectivity index (χ0) is 25.9. The summed E-state index contributed by atoms with van der Waals surface area (Å²) in [5.74, 6) is -2.91. The average molecular weight is 539 g/mol. The third-order valence-corrected chi connectivity index (χ3v) is 5.85. The minimum atomic E-state index is -1.25. The first-order valence-corrected chi connectivity index (χ1v) is 11.0. The van der Waals surface area contributed by atoms with Gasteiger partial charge in [0.1, 0.15) is 10.8 Å². The van der Waals surface area contributed by atoms with E-state index in [-0.39, 0.29) is 26.9 Å². The highest BCUT2D eigenvalue weighted by atomic mass is 35.5. The van der Waals surface area contributed by atoms with Crippen LogP contribution in [0.1, 0.15) is 37.7 Å². The molecule has 0 aliphatic rings. The van der Waals surface area contributed by atoms with Gasteiger partial charge in [-0.25, -0.2) is 15.0 Å². The highest BCUT2D eigenvalue weighted by Gasteiger charge is 2.16. The van der Waals surface area contributed by atoms with Gasteiger partial charge in [0.25, 0.3) is 5.91 Å². The van der Waals surface area contributed by atoms with E-state index in [2.05, 4.69) is 10.5 Å². The molecule has 0 atom stereocenters. The number of nitrogens with one attached hydrogen (secondary N) is 1. The standard InChI is InChI=1S/C23H18Cl3N3O6/c1-11-3-15(9-27-28-20(30)10-35-19-8-16(24)7-18(25)21(19)26)12(2)29(11)17-5-13(22(31)32)4-14(6-17)23(33)34/h3-9H,10H2,1-2H3,(H,28,30)(H,31,32)(H,33,34)/b27-9-. The van der Waals surface area contributed by atoms with Crippen molar-refractivity contribution in [1.82, 2.24) is 9.99 Å². The SMILES string of the molecule is Cc1cc(/C=N\NC(=O)COc2cc(Cl)cc(Cl)c2Cl)c(C)n1-c1cc(C(=O)O)cc(C(=O)O)c1. The maximum atomic E-state index is 12.1. The lowest BCUT2D eigenvalue weighted by molar-refractivity contribution is -0.123. The number of carboxylic acids is 2. The summed E-state index contributed by atoms with van der Waals surface area (Å²) in [4.78, 5) is 35.0. The molecular formula is C23H18Cl3N3O6. The molecule has 182 valence electrons. The molecule has 0 saturated carbocycles. The zero-order valence-corrected chi connectivity index (χ0v) is 20.6. The number of amides is 1. The Morgan fingerprint density at radius 1 is 1.00 bits per heavy atom. The number of aromatic nitrogens is 1. The summed E-state index contributed by atoms with van der Waals surface area (Å²) >= 11 is 17.9. The van der Waals surface area contributed by atoms with Crippen LogP contribution >= 0.6 is 34.8 Å². The molecule has 12 heteroatoms. The van der Waals surface area contributed by atoms with Gasteiger partial charge in [-0.15, -0.1) is 0 Å². The predicted octanol–water partition coefficient (Wildman–Crippen LogP) is 4.98. The highest BCUT2D eigenvalue weighted by molar-refractivity contribution is 6.44. The molecule has 0 fully saturated rings. The van der Waals surface area contributed by atoms with Crippen molar-refractivity contribution in [3.63, 3.8) is 0 Å². The Morgan fingerprint density at radius 3 is 2.23 bits per heavy atom. The number of halogens is 3. The first kappa shape index (κ1) is 26.1. The van der Waals surface area contributed by atoms with Crippen LogP contribution < -0.4 is 10.2 Å². The second kappa shape index (κ2) is 10.8. The van der Waals surface area contributed by atoms with Crippen molar-refractivity contribution in [2.75, 3.05) is 6.61 Å². The van der Waals surface area contributed by atoms with Crippen LogP contribution in [0.3, 0.4) is 0 Å². The van der Waals surface area contributed by atoms with Crippen LogP contribution in [0.15, 0.2) is 41.5 Å². The number of rotatable bonds is 8. The van der Waals surface area contributed by atoms with Crippen LogP contribution in [0.2, 0.25) is 15.1 Å². The van der Waals surface area contributed by atoms with Gasteiger partial charge in [-0.1, -0.05) is 34.8 Å². The summed E-state index contributed by atoms with van der Waals surface area (Å²) in [7, 11) is 0. The van der Waals surface area contributed by atoms with E-state index in [1.807, 2.05) is 0 Å². The summed E-state index contributed by atoms with van der Waals surface area (Å²) in [6, 6.07) is 8.47. The number of hydrogen-bond donors (Lipinski definition) is 3. The number of hydrazone groups is 1. The Labute approximate surface area is 214 Å². The second-order valence-electron chi connectivity index (χ2n) is 7.32. The van der Waals surface area contributed by atoms with Crippen molar-refractivity contribution in [3.8, 4) is 11.4 Å². The molecule has 1 amide bonds. The van der Waals surface area contributed by atoms with Gasteiger partial charge in [0.2, 0.25) is 0 Å². The topological polar surface area (TPSA) is 130 Å². The Kier molecular flexibility index (Phi) is 8.06. The summed E-state index contributed by atoms with van der Waals surface area (Å²) in [5, 5.41) is 23.2. The fourth-order valence-electron chi connectivity index (χ4n) is 3.29. The van der Waals surface area contributed by atoms with Crippen molar-refractivity contribution in [2.45, 2.75) is 13.8 Å². The fourth-order valence-corrected chi connectivity index (χ4v) is 3.93. The number of aryl methyl sites for hydroxylation is 1. The number of aromatic carboxylic acids is 2. The minimum absolute atomic E-state index is 0.123. The van der Waals surface area contributed by atoms with Crippen LogP contribution in [0.5, 0.6) is 5.75 Å². The second-order valence-corrected chi connectivity index (χ2v) is 8.54.